The summed E-state index contributed by atoms with van der Waals surface area (Å²) in [7, 11) is 0. The number of carbonyl (C=O) groups excluding carboxylic acids is 20. The van der Waals surface area contributed by atoms with Crippen molar-refractivity contribution in [2.75, 3.05) is 51.0 Å². The molecule has 0 bridgehead atoms. The van der Waals surface area contributed by atoms with Crippen LogP contribution < -0.4 is 102 Å². The SMILES string of the molecule is CC[C@H](C)[C@H](NC(=O)[C@H](CCC(N)=O)NC(=O)[C@H](CC(C)C)NC(=O)[C@H](CO)NC(=O)[C@@H]1CCCN1C(=O)[C@H](CO)NC(=O)[C@H](Cc1c[nH]c2ccccc12)NC(=O)[C@@H](N)CCC(=O)O)C(=O)NCC(=O)N[C@@H](CCC(N)=O)C(=O)N[C@@H](Cc1c[nH]c2ccccc12)C(=O)N[C@H](C(=O)N[C@H](C(=O)N1CCC[C@H]1C(=O)N[C@@H](CS)C(=O)N[C@@H](CCC(=O)O)C(=O)N[C@@H](C)C(=O)N[C@@H](CO)C(=O)N[C@@H](CS)C(=O)O)[C@@H](C)CC)[C@@H](C)O. The number of nitrogens with zero attached hydrogens (tertiary/aromatic N) is 2. The summed E-state index contributed by atoms with van der Waals surface area (Å²) in [6.07, 6.45) is -3.06. The monoisotopic (exact) mass is 2130 g/mol. The van der Waals surface area contributed by atoms with E-state index in [0.717, 1.165) is 23.6 Å². The number of nitrogens with one attached hydrogen (secondary N) is 18. The fraction of sp³-hybridized carbons (Fsp3) is 0.585. The van der Waals surface area contributed by atoms with Gasteiger partial charge in [-0.25, -0.2) is 4.79 Å². The molecule has 21 atom stereocenters. The first-order chi connectivity index (χ1) is 70.4. The first-order valence-electron chi connectivity index (χ1n) is 48.7. The van der Waals surface area contributed by atoms with Crippen molar-refractivity contribution in [1.29, 1.82) is 0 Å². The van der Waals surface area contributed by atoms with Crippen molar-refractivity contribution in [1.82, 2.24) is 105 Å². The molecule has 31 N–H and O–H groups in total. The first kappa shape index (κ1) is 124. The van der Waals surface area contributed by atoms with Crippen LogP contribution >= 0.6 is 25.3 Å². The largest absolute Gasteiger partial charge is 0.481 e. The maximum atomic E-state index is 15.0. The minimum atomic E-state index is -1.95. The van der Waals surface area contributed by atoms with Crippen LogP contribution in [0.2, 0.25) is 0 Å². The van der Waals surface area contributed by atoms with Crippen LogP contribution in [-0.2, 0) is 123 Å². The number of carbonyl (C=O) groups is 23. The molecule has 2 fully saturated rings. The van der Waals surface area contributed by atoms with E-state index in [1.165, 1.54) is 13.1 Å². The number of nitrogens with two attached hydrogens (primary N) is 3. The van der Waals surface area contributed by atoms with Gasteiger partial charge in [-0.3, -0.25) is 105 Å². The van der Waals surface area contributed by atoms with Crippen molar-refractivity contribution in [3.05, 3.63) is 72.1 Å². The predicted molar refractivity (Wildman–Crippen MR) is 536 cm³/mol. The summed E-state index contributed by atoms with van der Waals surface area (Å²) in [5.74, 6) is -27.8. The molecule has 20 amide bonds. The molecule has 2 aliphatic rings. The summed E-state index contributed by atoms with van der Waals surface area (Å²) in [4.78, 5) is 323. The van der Waals surface area contributed by atoms with Gasteiger partial charge in [-0.2, -0.15) is 25.3 Å². The molecule has 0 radical (unpaired) electrons. The average molecular weight is 2140 g/mol. The normalized spacial score (nSPS) is 17.2. The molecule has 0 saturated carbocycles. The maximum Gasteiger partial charge on any atom is 0.327 e. The third-order valence-corrected chi connectivity index (χ3v) is 26.0. The van der Waals surface area contributed by atoms with E-state index >= 15 is 0 Å². The number of thiol groups is 2. The van der Waals surface area contributed by atoms with Gasteiger partial charge in [-0.15, -0.1) is 0 Å². The van der Waals surface area contributed by atoms with Gasteiger partial charge in [0.05, 0.1) is 38.5 Å². The summed E-state index contributed by atoms with van der Waals surface area (Å²) in [5.41, 5.74) is 19.3. The number of carboxylic acids is 3. The molecule has 0 unspecified atom stereocenters. The van der Waals surface area contributed by atoms with Gasteiger partial charge in [0, 0.05) is 97.3 Å². The zero-order valence-electron chi connectivity index (χ0n) is 83.7. The number of amides is 20. The number of rotatable bonds is 63. The summed E-state index contributed by atoms with van der Waals surface area (Å²) >= 11 is 8.08. The number of primary amides is 2. The molecule has 53 nitrogen and oxygen atoms in total. The summed E-state index contributed by atoms with van der Waals surface area (Å²) in [6, 6.07) is -15.4. The number of aromatic nitrogens is 2. The van der Waals surface area contributed by atoms with Crippen LogP contribution in [0.3, 0.4) is 0 Å². The molecule has 2 aromatic heterocycles. The standard InChI is InChI=1S/C94H139N23O30S2/c1-9-45(5)74(113-81(133)57(25-28-70(97)123)103-82(134)59(33-44(3)4)106-85(137)63(40-119)109-88(140)67-21-15-31-116(67)92(144)64(41-120)110-83(135)60(105-78(130)53(95)23-29-72(125)126)34-49-36-98-54-19-13-11-17-51(49)54)90(142)100-38-71(124)102-56(24-27-69(96)122)80(132)107-61(35-50-37-99-55-20-14-12-18-52(50)55)84(136)115-76(48(8)121)91(143)114-75(46(6)10-2)93(145)117-32-16-22-68(117)89(141)111-65(42-148)87(139)104-58(26-30-73(127)128)79(131)101-47(7)77(129)108-62(39-118)86(138)112-66(43-149)94(146)147/h11-14,17-20,36-37,44-48,53,56-68,74-76,98-99,118-121,148-149H,9-10,15-16,21-35,38-43,95H2,1-8H3,(H2,96,122)(H2,97,123)(H,100,142)(H,101,131)(H,102,124)(H,103,134)(H,104,139)(H,105,130)(H,106,137)(H,107,132)(H,108,129)(H,109,140)(H,110,135)(H,111,141)(H,112,138)(H,113,133)(H,114,143)(H,115,136)(H,125,126)(H,127,128)(H,146,147)/t45-,46-,47-,48+,53-,56-,57-,58-,59-,60-,61-,62-,63-,64-,65-,66-,67-,68-,74-,75-,76-/m0/s1. The molecule has 149 heavy (non-hydrogen) atoms. The van der Waals surface area contributed by atoms with E-state index in [1.807, 2.05) is 0 Å². The lowest BCUT2D eigenvalue weighted by atomic mass is 9.96. The van der Waals surface area contributed by atoms with Gasteiger partial charge < -0.3 is 158 Å². The minimum absolute atomic E-state index is 0.0141. The molecule has 2 aliphatic heterocycles. The number of fused-ring (bicyclic) bond motifs is 2. The predicted octanol–water partition coefficient (Wildman–Crippen LogP) is -8.15. The van der Waals surface area contributed by atoms with Crippen LogP contribution in [0.4, 0.5) is 0 Å². The van der Waals surface area contributed by atoms with Crippen LogP contribution in [0.15, 0.2) is 60.9 Å². The third-order valence-electron chi connectivity index (χ3n) is 25.3. The van der Waals surface area contributed by atoms with Gasteiger partial charge in [0.2, 0.25) is 118 Å². The van der Waals surface area contributed by atoms with Crippen molar-refractivity contribution >= 4 is 183 Å². The van der Waals surface area contributed by atoms with Gasteiger partial charge >= 0.3 is 17.9 Å². The van der Waals surface area contributed by atoms with Gasteiger partial charge in [0.1, 0.15) is 103 Å². The van der Waals surface area contributed by atoms with E-state index in [-0.39, 0.29) is 76.6 Å². The highest BCUT2D eigenvalue weighted by molar-refractivity contribution is 7.80. The van der Waals surface area contributed by atoms with Crippen LogP contribution in [0, 0.1) is 17.8 Å². The smallest absolute Gasteiger partial charge is 0.327 e. The molecule has 4 heterocycles. The Morgan fingerprint density at radius 3 is 1.26 bits per heavy atom. The number of likely N-dealkylation sites (tertiary alicyclic amines) is 2. The molecular weight excluding hydrogens is 2000 g/mol. The van der Waals surface area contributed by atoms with E-state index in [9.17, 15) is 146 Å². The number of carboxylic acid groups (broad SMARTS) is 3. The van der Waals surface area contributed by atoms with Crippen molar-refractivity contribution in [3.63, 3.8) is 0 Å². The van der Waals surface area contributed by atoms with Gasteiger partial charge in [0.25, 0.3) is 0 Å². The molecule has 2 aromatic carbocycles. The van der Waals surface area contributed by atoms with Crippen LogP contribution in [0.5, 0.6) is 0 Å². The number of aliphatic hydroxyl groups is 4. The second kappa shape index (κ2) is 60.3. The molecular formula is C94H139N23O30S2. The van der Waals surface area contributed by atoms with Crippen LogP contribution in [0.25, 0.3) is 21.8 Å². The molecule has 6 rings (SSSR count). The number of aliphatic carboxylic acids is 3. The highest BCUT2D eigenvalue weighted by Gasteiger charge is 2.46. The lowest BCUT2D eigenvalue weighted by Crippen LogP contribution is -2.63. The van der Waals surface area contributed by atoms with Gasteiger partial charge in [-0.1, -0.05) is 90.8 Å². The van der Waals surface area contributed by atoms with Gasteiger partial charge in [0.15, 0.2) is 0 Å². The Balaban J connectivity index is 1.13. The minimum Gasteiger partial charge on any atom is -0.481 e. The van der Waals surface area contributed by atoms with Crippen LogP contribution in [-0.4, -0.2) is 357 Å². The van der Waals surface area contributed by atoms with Crippen LogP contribution in [0.1, 0.15) is 163 Å². The van der Waals surface area contributed by atoms with E-state index in [0.29, 0.717) is 32.9 Å². The van der Waals surface area contributed by atoms with E-state index in [1.54, 1.807) is 89.3 Å². The highest BCUT2D eigenvalue weighted by atomic mass is 32.1. The maximum absolute atomic E-state index is 15.0. The fourth-order valence-corrected chi connectivity index (χ4v) is 16.9. The molecule has 55 heteroatoms. The topological polar surface area (TPSA) is 843 Å². The third kappa shape index (κ3) is 37.6. The summed E-state index contributed by atoms with van der Waals surface area (Å²) < 4.78 is 0. The number of hydrogen-bond acceptors (Lipinski definition) is 30. The highest BCUT2D eigenvalue weighted by Crippen LogP contribution is 2.27. The quantitative estimate of drug-likeness (QED) is 0.0183. The second-order valence-electron chi connectivity index (χ2n) is 37.0. The Hall–Kier alpha value is -14.2. The first-order valence-corrected chi connectivity index (χ1v) is 50.0. The molecule has 4 aromatic rings. The fourth-order valence-electron chi connectivity index (χ4n) is 16.3. The van der Waals surface area contributed by atoms with Crippen molar-refractivity contribution in [2.24, 2.45) is 35.0 Å². The van der Waals surface area contributed by atoms with Gasteiger partial charge in [-0.05, 0) is 113 Å². The molecule has 2 saturated heterocycles. The lowest BCUT2D eigenvalue weighted by Gasteiger charge is -2.33. The van der Waals surface area contributed by atoms with E-state index in [4.69, 9.17) is 17.2 Å². The Morgan fingerprint density at radius 1 is 0.403 bits per heavy atom. The Morgan fingerprint density at radius 2 is 0.779 bits per heavy atom. The number of para-hydroxylation sites is 2. The molecule has 822 valence electrons. The number of hydrogen-bond donors (Lipinski definition) is 30. The van der Waals surface area contributed by atoms with Crippen molar-refractivity contribution in [3.8, 4) is 0 Å². The van der Waals surface area contributed by atoms with E-state index < -0.39 is 352 Å². The summed E-state index contributed by atoms with van der Waals surface area (Å²) in [5, 5.41) is 110. The Labute approximate surface area is 867 Å². The molecule has 0 aliphatic carbocycles. The zero-order valence-corrected chi connectivity index (χ0v) is 85.5. The zero-order chi connectivity index (χ0) is 111. The van der Waals surface area contributed by atoms with E-state index in [2.05, 4.69) is 120 Å². The molecule has 0 spiro atoms. The summed E-state index contributed by atoms with van der Waals surface area (Å²) in [6.45, 7) is 7.63. The number of benzene rings is 2. The Bertz CT molecular complexity index is 5430. The number of aliphatic hydroxyl groups excluding tert-OH is 4. The number of aromatic amines is 2. The Kier molecular flexibility index (Phi) is 50.0. The average Bonchev–Trinajstić information content (AvgIpc) is 1.71. The lowest BCUT2D eigenvalue weighted by molar-refractivity contribution is -0.144. The van der Waals surface area contributed by atoms with Crippen molar-refractivity contribution < 1.29 is 146 Å². The number of H-pyrrole nitrogens is 2. The second-order valence-corrected chi connectivity index (χ2v) is 37.7. The van der Waals surface area contributed by atoms with Crippen molar-refractivity contribution in [2.45, 2.75) is 279 Å².